The van der Waals surface area contributed by atoms with Gasteiger partial charge in [0.05, 0.1) is 5.69 Å². The molecular weight excluding hydrogens is 260 g/mol. The van der Waals surface area contributed by atoms with Crippen molar-refractivity contribution in [3.63, 3.8) is 0 Å². The minimum Gasteiger partial charge on any atom is -0.299 e. The summed E-state index contributed by atoms with van der Waals surface area (Å²) < 4.78 is 1.95. The third-order valence-corrected chi connectivity index (χ3v) is 3.73. The highest BCUT2D eigenvalue weighted by molar-refractivity contribution is 5.80. The summed E-state index contributed by atoms with van der Waals surface area (Å²) in [6, 6.07) is 10.4. The molecule has 1 aromatic carbocycles. The predicted molar refractivity (Wildman–Crippen MR) is 85.5 cm³/mol. The molecule has 0 atom stereocenters. The first-order chi connectivity index (χ1) is 10.1. The second kappa shape index (κ2) is 7.21. The van der Waals surface area contributed by atoms with Crippen LogP contribution >= 0.6 is 0 Å². The number of nitrogens with zero attached hydrogens (tertiary/aromatic N) is 2. The average Bonchev–Trinajstić information content (AvgIpc) is 2.87. The molecule has 21 heavy (non-hydrogen) atoms. The molecule has 0 aliphatic heterocycles. The van der Waals surface area contributed by atoms with Crippen LogP contribution in [-0.2, 0) is 30.6 Å². The Labute approximate surface area is 127 Å². The first-order valence-electron chi connectivity index (χ1n) is 7.75. The smallest absolute Gasteiger partial charge is 0.139 e. The van der Waals surface area contributed by atoms with Crippen LogP contribution in [0.4, 0.5) is 0 Å². The molecule has 1 heterocycles. The molecule has 3 heteroatoms. The SMILES string of the molecule is CCc1cc(CC(=O)CCc2cccc(C)c2)n(CC)n1. The minimum atomic E-state index is 0.286. The molecule has 0 aliphatic rings. The van der Waals surface area contributed by atoms with E-state index >= 15 is 0 Å². The Morgan fingerprint density at radius 1 is 1.24 bits per heavy atom. The van der Waals surface area contributed by atoms with Gasteiger partial charge in [-0.1, -0.05) is 36.8 Å². The Hall–Kier alpha value is -1.90. The van der Waals surface area contributed by atoms with E-state index in [-0.39, 0.29) is 5.78 Å². The fraction of sp³-hybridized carbons (Fsp3) is 0.444. The molecule has 0 saturated carbocycles. The van der Waals surface area contributed by atoms with Crippen LogP contribution in [0.15, 0.2) is 30.3 Å². The maximum atomic E-state index is 12.2. The maximum Gasteiger partial charge on any atom is 0.139 e. The van der Waals surface area contributed by atoms with Crippen molar-refractivity contribution in [2.24, 2.45) is 0 Å². The van der Waals surface area contributed by atoms with Crippen molar-refractivity contribution in [2.75, 3.05) is 0 Å². The van der Waals surface area contributed by atoms with Crippen LogP contribution in [0.2, 0.25) is 0 Å². The lowest BCUT2D eigenvalue weighted by atomic mass is 10.0. The molecule has 0 radical (unpaired) electrons. The van der Waals surface area contributed by atoms with E-state index in [1.54, 1.807) is 0 Å². The standard InChI is InChI=1S/C18H24N2O/c1-4-16-12-17(20(5-2)19-16)13-18(21)10-9-15-8-6-7-14(3)11-15/h6-8,11-12H,4-5,9-10,13H2,1-3H3. The van der Waals surface area contributed by atoms with Crippen molar-refractivity contribution in [1.29, 1.82) is 0 Å². The lowest BCUT2D eigenvalue weighted by molar-refractivity contribution is -0.118. The highest BCUT2D eigenvalue weighted by Gasteiger charge is 2.10. The van der Waals surface area contributed by atoms with Crippen molar-refractivity contribution in [3.05, 3.63) is 52.8 Å². The maximum absolute atomic E-state index is 12.2. The van der Waals surface area contributed by atoms with Gasteiger partial charge < -0.3 is 0 Å². The molecule has 0 N–H and O–H groups in total. The van der Waals surface area contributed by atoms with Gasteiger partial charge in [-0.15, -0.1) is 0 Å². The zero-order valence-corrected chi connectivity index (χ0v) is 13.2. The van der Waals surface area contributed by atoms with E-state index in [1.165, 1.54) is 11.1 Å². The summed E-state index contributed by atoms with van der Waals surface area (Å²) in [7, 11) is 0. The van der Waals surface area contributed by atoms with Crippen LogP contribution in [0.5, 0.6) is 0 Å². The van der Waals surface area contributed by atoms with E-state index in [9.17, 15) is 4.79 Å². The Morgan fingerprint density at radius 3 is 2.71 bits per heavy atom. The van der Waals surface area contributed by atoms with Crippen LogP contribution in [0.3, 0.4) is 0 Å². The van der Waals surface area contributed by atoms with Crippen molar-refractivity contribution >= 4 is 5.78 Å². The molecule has 1 aromatic heterocycles. The van der Waals surface area contributed by atoms with Gasteiger partial charge in [0.25, 0.3) is 0 Å². The number of carbonyl (C=O) groups is 1. The molecule has 0 amide bonds. The van der Waals surface area contributed by atoms with Gasteiger partial charge in [-0.3, -0.25) is 9.48 Å². The van der Waals surface area contributed by atoms with Crippen molar-refractivity contribution < 1.29 is 4.79 Å². The summed E-state index contributed by atoms with van der Waals surface area (Å²) >= 11 is 0. The Bertz CT molecular complexity index is 613. The van der Waals surface area contributed by atoms with Gasteiger partial charge in [-0.2, -0.15) is 5.10 Å². The highest BCUT2D eigenvalue weighted by Crippen LogP contribution is 2.11. The number of aryl methyl sites for hydroxylation is 4. The Kier molecular flexibility index (Phi) is 5.32. The minimum absolute atomic E-state index is 0.286. The number of ketones is 1. The van der Waals surface area contributed by atoms with E-state index in [2.05, 4.69) is 56.2 Å². The van der Waals surface area contributed by atoms with Gasteiger partial charge in [0, 0.05) is 25.1 Å². The molecular formula is C18H24N2O. The molecule has 2 rings (SSSR count). The molecule has 0 unspecified atom stereocenters. The van der Waals surface area contributed by atoms with Gasteiger partial charge in [0.2, 0.25) is 0 Å². The molecule has 0 saturated heterocycles. The third kappa shape index (κ3) is 4.28. The summed E-state index contributed by atoms with van der Waals surface area (Å²) in [5.74, 6) is 0.286. The largest absolute Gasteiger partial charge is 0.299 e. The summed E-state index contributed by atoms with van der Waals surface area (Å²) in [6.45, 7) is 7.05. The van der Waals surface area contributed by atoms with Gasteiger partial charge in [-0.05, 0) is 38.3 Å². The molecule has 2 aromatic rings. The van der Waals surface area contributed by atoms with Crippen molar-refractivity contribution in [2.45, 2.75) is 53.0 Å². The topological polar surface area (TPSA) is 34.9 Å². The molecule has 0 spiro atoms. The quantitative estimate of drug-likeness (QED) is 0.779. The van der Waals surface area contributed by atoms with Crippen LogP contribution in [-0.4, -0.2) is 15.6 Å². The first kappa shape index (κ1) is 15.5. The van der Waals surface area contributed by atoms with Crippen LogP contribution in [0.1, 0.15) is 42.8 Å². The van der Waals surface area contributed by atoms with Crippen LogP contribution in [0.25, 0.3) is 0 Å². The number of Topliss-reactive ketones (excluding diaryl/α,β-unsaturated/α-hetero) is 1. The molecule has 0 aliphatic carbocycles. The van der Waals surface area contributed by atoms with E-state index in [4.69, 9.17) is 0 Å². The van der Waals surface area contributed by atoms with Crippen LogP contribution < -0.4 is 0 Å². The summed E-state index contributed by atoms with van der Waals surface area (Å²) in [5.41, 5.74) is 4.60. The second-order valence-corrected chi connectivity index (χ2v) is 5.50. The fourth-order valence-electron chi connectivity index (χ4n) is 2.55. The lowest BCUT2D eigenvalue weighted by Gasteiger charge is -2.05. The van der Waals surface area contributed by atoms with Gasteiger partial charge in [0.1, 0.15) is 5.78 Å². The van der Waals surface area contributed by atoms with Gasteiger partial charge in [-0.25, -0.2) is 0 Å². The first-order valence-corrected chi connectivity index (χ1v) is 7.75. The Morgan fingerprint density at radius 2 is 2.05 bits per heavy atom. The van der Waals surface area contributed by atoms with Crippen molar-refractivity contribution in [3.8, 4) is 0 Å². The number of hydrogen-bond donors (Lipinski definition) is 0. The second-order valence-electron chi connectivity index (χ2n) is 5.50. The van der Waals surface area contributed by atoms with Crippen molar-refractivity contribution in [1.82, 2.24) is 9.78 Å². The van der Waals surface area contributed by atoms with E-state index in [0.717, 1.165) is 30.8 Å². The van der Waals surface area contributed by atoms with Gasteiger partial charge in [0.15, 0.2) is 0 Å². The van der Waals surface area contributed by atoms with E-state index < -0.39 is 0 Å². The Balaban J connectivity index is 1.94. The predicted octanol–water partition coefficient (Wildman–Crippen LogP) is 3.52. The molecule has 112 valence electrons. The fourth-order valence-corrected chi connectivity index (χ4v) is 2.55. The number of hydrogen-bond acceptors (Lipinski definition) is 2. The summed E-state index contributed by atoms with van der Waals surface area (Å²) in [5, 5.41) is 4.49. The highest BCUT2D eigenvalue weighted by atomic mass is 16.1. The molecule has 3 nitrogen and oxygen atoms in total. The normalized spacial score (nSPS) is 10.8. The summed E-state index contributed by atoms with van der Waals surface area (Å²) in [4.78, 5) is 12.2. The lowest BCUT2D eigenvalue weighted by Crippen LogP contribution is -2.10. The van der Waals surface area contributed by atoms with Crippen LogP contribution in [0, 0.1) is 6.92 Å². The summed E-state index contributed by atoms with van der Waals surface area (Å²) in [6.07, 6.45) is 2.82. The third-order valence-electron chi connectivity index (χ3n) is 3.73. The zero-order valence-electron chi connectivity index (χ0n) is 13.2. The average molecular weight is 284 g/mol. The molecule has 0 fully saturated rings. The van der Waals surface area contributed by atoms with Gasteiger partial charge >= 0.3 is 0 Å². The monoisotopic (exact) mass is 284 g/mol. The van der Waals surface area contributed by atoms with E-state index in [1.807, 2.05) is 4.68 Å². The van der Waals surface area contributed by atoms with E-state index in [0.29, 0.717) is 12.8 Å². The number of aromatic nitrogens is 2. The number of benzene rings is 1. The number of carbonyl (C=O) groups excluding carboxylic acids is 1. The zero-order chi connectivity index (χ0) is 15.2. The molecule has 0 bridgehead atoms. The number of rotatable bonds is 7.